The topological polar surface area (TPSA) is 66.1 Å². The van der Waals surface area contributed by atoms with E-state index in [4.69, 9.17) is 0 Å². The second-order valence-corrected chi connectivity index (χ2v) is 6.49. The van der Waals surface area contributed by atoms with Gasteiger partial charge in [-0.2, -0.15) is 4.31 Å². The lowest BCUT2D eigenvalue weighted by molar-refractivity contribution is 0.346. The average Bonchev–Trinajstić information content (AvgIpc) is 2.96. The summed E-state index contributed by atoms with van der Waals surface area (Å²) in [4.78, 5) is 6.77. The molecule has 2 rings (SSSR count). The van der Waals surface area contributed by atoms with Crippen molar-refractivity contribution in [2.45, 2.75) is 43.7 Å². The smallest absolute Gasteiger partial charge is 0.260 e. The minimum atomic E-state index is -3.48. The highest BCUT2D eigenvalue weighted by Crippen LogP contribution is 2.27. The number of hydrogen-bond acceptors (Lipinski definition) is 3. The molecule has 1 aliphatic rings. The number of aromatic nitrogens is 2. The summed E-state index contributed by atoms with van der Waals surface area (Å²) >= 11 is 0. The second kappa shape index (κ2) is 5.24. The van der Waals surface area contributed by atoms with Gasteiger partial charge in [0.15, 0.2) is 5.03 Å². The number of nitrogens with one attached hydrogen (secondary N) is 1. The first-order valence-corrected chi connectivity index (χ1v) is 7.64. The molecule has 18 heavy (non-hydrogen) atoms. The summed E-state index contributed by atoms with van der Waals surface area (Å²) in [5.74, 6) is 0.610. The van der Waals surface area contributed by atoms with Gasteiger partial charge in [-0.25, -0.2) is 13.4 Å². The van der Waals surface area contributed by atoms with Crippen LogP contribution in [-0.2, 0) is 10.0 Å². The third-order valence-electron chi connectivity index (χ3n) is 3.31. The molecular formula is C12H19N3O2S. The van der Waals surface area contributed by atoms with Crippen LogP contribution in [0.5, 0.6) is 0 Å². The number of aryl methyl sites for hydroxylation is 1. The normalized spacial score (nSPS) is 17.4. The Labute approximate surface area is 108 Å². The minimum absolute atomic E-state index is 0.0941. The molecule has 1 saturated carbocycles. The lowest BCUT2D eigenvalue weighted by atomic mass is 10.2. The molecule has 1 aromatic heterocycles. The predicted octanol–water partition coefficient (Wildman–Crippen LogP) is 1.84. The van der Waals surface area contributed by atoms with E-state index in [0.29, 0.717) is 12.4 Å². The summed E-state index contributed by atoms with van der Waals surface area (Å²) < 4.78 is 26.6. The number of imidazole rings is 1. The summed E-state index contributed by atoms with van der Waals surface area (Å²) in [6.07, 6.45) is 7.07. The van der Waals surface area contributed by atoms with Crippen molar-refractivity contribution in [3.05, 3.63) is 24.7 Å². The zero-order valence-electron chi connectivity index (χ0n) is 10.6. The van der Waals surface area contributed by atoms with E-state index in [2.05, 4.69) is 16.5 Å². The summed E-state index contributed by atoms with van der Waals surface area (Å²) in [6, 6.07) is 0.0941. The van der Waals surface area contributed by atoms with Crippen LogP contribution in [-0.4, -0.2) is 35.3 Å². The number of rotatable bonds is 5. The van der Waals surface area contributed by atoms with Gasteiger partial charge in [-0.15, -0.1) is 6.58 Å². The third kappa shape index (κ3) is 2.49. The molecule has 1 N–H and O–H groups in total. The van der Waals surface area contributed by atoms with Gasteiger partial charge in [-0.1, -0.05) is 18.9 Å². The Hall–Kier alpha value is -1.14. The molecule has 5 nitrogen and oxygen atoms in total. The largest absolute Gasteiger partial charge is 0.332 e. The van der Waals surface area contributed by atoms with Crippen LogP contribution >= 0.6 is 0 Å². The molecule has 0 spiro atoms. The number of nitrogens with zero attached hydrogens (tertiary/aromatic N) is 2. The van der Waals surface area contributed by atoms with Crippen LogP contribution in [0.15, 0.2) is 23.9 Å². The van der Waals surface area contributed by atoms with E-state index in [0.717, 1.165) is 25.7 Å². The van der Waals surface area contributed by atoms with E-state index in [1.165, 1.54) is 6.20 Å². The molecular weight excluding hydrogens is 250 g/mol. The highest BCUT2D eigenvalue weighted by Gasteiger charge is 2.33. The Bertz CT molecular complexity index is 515. The number of H-pyrrole nitrogens is 1. The highest BCUT2D eigenvalue weighted by atomic mass is 32.2. The Morgan fingerprint density at radius 2 is 2.22 bits per heavy atom. The van der Waals surface area contributed by atoms with Crippen LogP contribution in [0.25, 0.3) is 0 Å². The van der Waals surface area contributed by atoms with Crippen LogP contribution < -0.4 is 0 Å². The van der Waals surface area contributed by atoms with Gasteiger partial charge < -0.3 is 4.98 Å². The van der Waals surface area contributed by atoms with Crippen LogP contribution in [0.2, 0.25) is 0 Å². The van der Waals surface area contributed by atoms with E-state index in [9.17, 15) is 8.42 Å². The fourth-order valence-corrected chi connectivity index (χ4v) is 4.04. The molecule has 0 radical (unpaired) electrons. The van der Waals surface area contributed by atoms with E-state index in [1.807, 2.05) is 0 Å². The molecule has 0 atom stereocenters. The molecule has 0 amide bonds. The van der Waals surface area contributed by atoms with Gasteiger partial charge in [-0.3, -0.25) is 0 Å². The maximum Gasteiger partial charge on any atom is 0.260 e. The first kappa shape index (κ1) is 13.3. The van der Waals surface area contributed by atoms with E-state index in [1.54, 1.807) is 17.3 Å². The lowest BCUT2D eigenvalue weighted by Crippen LogP contribution is -2.39. The van der Waals surface area contributed by atoms with Crippen LogP contribution in [0, 0.1) is 6.92 Å². The van der Waals surface area contributed by atoms with Crippen molar-refractivity contribution in [2.75, 3.05) is 6.54 Å². The van der Waals surface area contributed by atoms with Gasteiger partial charge in [-0.05, 0) is 19.8 Å². The second-order valence-electron chi connectivity index (χ2n) is 4.63. The first-order valence-electron chi connectivity index (χ1n) is 6.20. The molecule has 1 aromatic rings. The third-order valence-corrected chi connectivity index (χ3v) is 5.14. The van der Waals surface area contributed by atoms with Gasteiger partial charge >= 0.3 is 0 Å². The summed E-state index contributed by atoms with van der Waals surface area (Å²) in [5.41, 5.74) is 0. The van der Waals surface area contributed by atoms with Gasteiger partial charge in [0.25, 0.3) is 10.0 Å². The molecule has 0 unspecified atom stereocenters. The summed E-state index contributed by atoms with van der Waals surface area (Å²) in [5, 5.41) is 0.175. The van der Waals surface area contributed by atoms with E-state index in [-0.39, 0.29) is 11.1 Å². The Balaban J connectivity index is 2.31. The number of aromatic amines is 1. The zero-order valence-corrected chi connectivity index (χ0v) is 11.4. The molecule has 100 valence electrons. The zero-order chi connectivity index (χ0) is 13.2. The van der Waals surface area contributed by atoms with Crippen LogP contribution in [0.4, 0.5) is 0 Å². The maximum atomic E-state index is 12.5. The number of sulfonamides is 1. The van der Waals surface area contributed by atoms with Crippen LogP contribution in [0.3, 0.4) is 0 Å². The van der Waals surface area contributed by atoms with Gasteiger partial charge in [0, 0.05) is 12.6 Å². The Morgan fingerprint density at radius 3 is 2.72 bits per heavy atom. The minimum Gasteiger partial charge on any atom is -0.332 e. The van der Waals surface area contributed by atoms with Crippen molar-refractivity contribution in [1.82, 2.24) is 14.3 Å². The SMILES string of the molecule is C=CCN(C1CCCC1)S(=O)(=O)c1cnc(C)[nH]1. The van der Waals surface area contributed by atoms with Crippen molar-refractivity contribution >= 4 is 10.0 Å². The van der Waals surface area contributed by atoms with Crippen molar-refractivity contribution in [3.63, 3.8) is 0 Å². The monoisotopic (exact) mass is 269 g/mol. The molecule has 0 aromatic carbocycles. The molecule has 1 fully saturated rings. The summed E-state index contributed by atoms with van der Waals surface area (Å²) in [6.45, 7) is 5.75. The molecule has 6 heteroatoms. The highest BCUT2D eigenvalue weighted by molar-refractivity contribution is 7.89. The van der Waals surface area contributed by atoms with Crippen molar-refractivity contribution in [1.29, 1.82) is 0 Å². The fourth-order valence-electron chi connectivity index (χ4n) is 2.42. The van der Waals surface area contributed by atoms with Crippen molar-refractivity contribution < 1.29 is 8.42 Å². The first-order chi connectivity index (χ1) is 8.55. The lowest BCUT2D eigenvalue weighted by Gasteiger charge is -2.26. The molecule has 0 saturated heterocycles. The standard InChI is InChI=1S/C12H19N3O2S/c1-3-8-15(11-6-4-5-7-11)18(16,17)12-9-13-10(2)14-12/h3,9,11H,1,4-8H2,2H3,(H,13,14). The van der Waals surface area contributed by atoms with Crippen molar-refractivity contribution in [2.24, 2.45) is 0 Å². The Morgan fingerprint density at radius 1 is 1.56 bits per heavy atom. The quantitative estimate of drug-likeness (QED) is 0.829. The average molecular weight is 269 g/mol. The van der Waals surface area contributed by atoms with Gasteiger partial charge in [0.2, 0.25) is 0 Å². The molecule has 1 aliphatic carbocycles. The van der Waals surface area contributed by atoms with E-state index < -0.39 is 10.0 Å². The fraction of sp³-hybridized carbons (Fsp3) is 0.583. The number of hydrogen-bond donors (Lipinski definition) is 1. The Kier molecular flexibility index (Phi) is 3.87. The van der Waals surface area contributed by atoms with Crippen LogP contribution in [0.1, 0.15) is 31.5 Å². The molecule has 0 bridgehead atoms. The van der Waals surface area contributed by atoms with Crippen molar-refractivity contribution in [3.8, 4) is 0 Å². The molecule has 1 heterocycles. The summed E-state index contributed by atoms with van der Waals surface area (Å²) in [7, 11) is -3.48. The predicted molar refractivity (Wildman–Crippen MR) is 69.7 cm³/mol. The maximum absolute atomic E-state index is 12.5. The van der Waals surface area contributed by atoms with Gasteiger partial charge in [0.05, 0.1) is 6.20 Å². The van der Waals surface area contributed by atoms with Gasteiger partial charge in [0.1, 0.15) is 5.82 Å². The molecule has 0 aliphatic heterocycles. The van der Waals surface area contributed by atoms with E-state index >= 15 is 0 Å².